The van der Waals surface area contributed by atoms with Crippen molar-refractivity contribution in [3.63, 3.8) is 0 Å². The smallest absolute Gasteiger partial charge is 0.317 e. The Labute approximate surface area is 156 Å². The third-order valence-electron chi connectivity index (χ3n) is 3.86. The Morgan fingerprint density at radius 1 is 1.14 bits per heavy atom. The van der Waals surface area contributed by atoms with E-state index in [4.69, 9.17) is 4.42 Å². The number of aromatic nitrogens is 6. The standard InChI is InChI=1S/C17H12FN7O3/c1-24(17-21-22-23-25(17)11-5-3-2-4-6-11)16(27)15-20-19-14(28-15)10-7-8-12(18)13(26)9-10/h2-9,26H,1H3. The van der Waals surface area contributed by atoms with E-state index in [1.807, 2.05) is 18.2 Å². The number of carbonyl (C=O) groups is 1. The normalized spacial score (nSPS) is 10.8. The largest absolute Gasteiger partial charge is 0.505 e. The van der Waals surface area contributed by atoms with Gasteiger partial charge in [-0.05, 0) is 40.8 Å². The summed E-state index contributed by atoms with van der Waals surface area (Å²) in [6.45, 7) is 0. The van der Waals surface area contributed by atoms with Gasteiger partial charge >= 0.3 is 11.8 Å². The highest BCUT2D eigenvalue weighted by atomic mass is 19.1. The number of hydrogen-bond donors (Lipinski definition) is 1. The first-order chi connectivity index (χ1) is 13.5. The molecule has 0 bridgehead atoms. The zero-order valence-corrected chi connectivity index (χ0v) is 14.4. The van der Waals surface area contributed by atoms with Crippen LogP contribution in [0.2, 0.25) is 0 Å². The van der Waals surface area contributed by atoms with Crippen LogP contribution in [-0.2, 0) is 0 Å². The molecule has 2 aromatic heterocycles. The summed E-state index contributed by atoms with van der Waals surface area (Å²) in [6, 6.07) is 12.5. The number of para-hydroxylation sites is 1. The maximum absolute atomic E-state index is 13.2. The molecular formula is C17H12FN7O3. The Kier molecular flexibility index (Phi) is 4.24. The molecular weight excluding hydrogens is 369 g/mol. The number of phenols is 1. The lowest BCUT2D eigenvalue weighted by Crippen LogP contribution is -2.29. The minimum atomic E-state index is -0.785. The average Bonchev–Trinajstić information content (AvgIpc) is 3.39. The van der Waals surface area contributed by atoms with E-state index in [0.717, 1.165) is 17.0 Å². The van der Waals surface area contributed by atoms with Crippen LogP contribution in [0.15, 0.2) is 52.9 Å². The fourth-order valence-electron chi connectivity index (χ4n) is 2.43. The molecule has 0 aliphatic heterocycles. The van der Waals surface area contributed by atoms with Gasteiger partial charge < -0.3 is 9.52 Å². The van der Waals surface area contributed by atoms with Gasteiger partial charge in [-0.2, -0.15) is 4.68 Å². The van der Waals surface area contributed by atoms with Gasteiger partial charge in [0, 0.05) is 12.6 Å². The number of hydrogen-bond acceptors (Lipinski definition) is 8. The minimum absolute atomic E-state index is 0.0466. The van der Waals surface area contributed by atoms with Crippen molar-refractivity contribution < 1.29 is 18.7 Å². The number of phenolic OH excluding ortho intramolecular Hbond substituents is 1. The number of rotatable bonds is 4. The molecule has 1 amide bonds. The Morgan fingerprint density at radius 3 is 2.68 bits per heavy atom. The Bertz CT molecular complexity index is 1140. The van der Waals surface area contributed by atoms with Crippen molar-refractivity contribution in [3.8, 4) is 22.9 Å². The van der Waals surface area contributed by atoms with Crippen molar-refractivity contribution in [3.05, 3.63) is 60.2 Å². The highest BCUT2D eigenvalue weighted by molar-refractivity contribution is 6.01. The molecule has 2 aromatic carbocycles. The molecule has 10 nitrogen and oxygen atoms in total. The summed E-state index contributed by atoms with van der Waals surface area (Å²) in [5.41, 5.74) is 0.928. The van der Waals surface area contributed by atoms with Gasteiger partial charge in [-0.15, -0.1) is 10.2 Å². The Hall–Kier alpha value is -4.15. The Morgan fingerprint density at radius 2 is 1.93 bits per heavy atom. The molecule has 0 saturated carbocycles. The summed E-state index contributed by atoms with van der Waals surface area (Å²) in [5, 5.41) is 28.3. The molecule has 28 heavy (non-hydrogen) atoms. The van der Waals surface area contributed by atoms with E-state index in [-0.39, 0.29) is 23.3 Å². The summed E-state index contributed by atoms with van der Waals surface area (Å²) >= 11 is 0. The summed E-state index contributed by atoms with van der Waals surface area (Å²) in [6.07, 6.45) is 0. The SMILES string of the molecule is CN(C(=O)c1nnc(-c2ccc(F)c(O)c2)o1)c1nnnn1-c1ccccc1. The van der Waals surface area contributed by atoms with Gasteiger partial charge in [-0.25, -0.2) is 4.39 Å². The van der Waals surface area contributed by atoms with Gasteiger partial charge in [0.05, 0.1) is 5.69 Å². The molecule has 11 heteroatoms. The monoisotopic (exact) mass is 381 g/mol. The number of anilines is 1. The summed E-state index contributed by atoms with van der Waals surface area (Å²) in [7, 11) is 1.46. The molecule has 0 spiro atoms. The molecule has 0 atom stereocenters. The van der Waals surface area contributed by atoms with Crippen LogP contribution in [0.5, 0.6) is 5.75 Å². The Balaban J connectivity index is 1.62. The zero-order chi connectivity index (χ0) is 19.7. The number of tetrazole rings is 1. The van der Waals surface area contributed by atoms with Crippen LogP contribution < -0.4 is 4.90 Å². The van der Waals surface area contributed by atoms with E-state index < -0.39 is 17.5 Å². The summed E-state index contributed by atoms with van der Waals surface area (Å²) < 4.78 is 19.9. The predicted octanol–water partition coefficient (Wildman–Crippen LogP) is 1.83. The molecule has 0 radical (unpaired) electrons. The lowest BCUT2D eigenvalue weighted by atomic mass is 10.2. The van der Waals surface area contributed by atoms with Gasteiger partial charge in [-0.1, -0.05) is 23.3 Å². The molecule has 2 heterocycles. The molecule has 0 aliphatic carbocycles. The first kappa shape index (κ1) is 17.3. The molecule has 140 valence electrons. The number of aromatic hydroxyl groups is 1. The molecule has 0 fully saturated rings. The van der Waals surface area contributed by atoms with E-state index >= 15 is 0 Å². The lowest BCUT2D eigenvalue weighted by molar-refractivity contribution is 0.0958. The molecule has 4 aromatic rings. The fraction of sp³-hybridized carbons (Fsp3) is 0.0588. The van der Waals surface area contributed by atoms with Crippen LogP contribution in [0.4, 0.5) is 10.3 Å². The van der Waals surface area contributed by atoms with E-state index in [9.17, 15) is 14.3 Å². The number of amides is 1. The van der Waals surface area contributed by atoms with Gasteiger partial charge in [-0.3, -0.25) is 9.69 Å². The van der Waals surface area contributed by atoms with Gasteiger partial charge in [0.1, 0.15) is 0 Å². The van der Waals surface area contributed by atoms with Gasteiger partial charge in [0.25, 0.3) is 5.95 Å². The molecule has 0 aliphatic rings. The van der Waals surface area contributed by atoms with Gasteiger partial charge in [0.2, 0.25) is 5.89 Å². The predicted molar refractivity (Wildman–Crippen MR) is 93.2 cm³/mol. The lowest BCUT2D eigenvalue weighted by Gasteiger charge is -2.13. The summed E-state index contributed by atoms with van der Waals surface area (Å²) in [4.78, 5) is 13.9. The fourth-order valence-corrected chi connectivity index (χ4v) is 2.43. The highest BCUT2D eigenvalue weighted by Gasteiger charge is 2.25. The van der Waals surface area contributed by atoms with Crippen LogP contribution in [0.25, 0.3) is 17.1 Å². The second-order valence-corrected chi connectivity index (χ2v) is 5.67. The second kappa shape index (κ2) is 6.87. The maximum atomic E-state index is 13.2. The number of carbonyl (C=O) groups excluding carboxylic acids is 1. The first-order valence-electron chi connectivity index (χ1n) is 7.99. The third-order valence-corrected chi connectivity index (χ3v) is 3.86. The van der Waals surface area contributed by atoms with Crippen molar-refractivity contribution in [1.82, 2.24) is 30.4 Å². The number of halogens is 1. The molecule has 0 unspecified atom stereocenters. The van der Waals surface area contributed by atoms with Crippen LogP contribution >= 0.6 is 0 Å². The van der Waals surface area contributed by atoms with E-state index in [1.165, 1.54) is 17.8 Å². The molecule has 1 N–H and O–H groups in total. The molecule has 4 rings (SSSR count). The third kappa shape index (κ3) is 3.05. The van der Waals surface area contributed by atoms with Crippen LogP contribution in [0.3, 0.4) is 0 Å². The topological polar surface area (TPSA) is 123 Å². The van der Waals surface area contributed by atoms with Crippen LogP contribution in [-0.4, -0.2) is 48.5 Å². The van der Waals surface area contributed by atoms with Crippen molar-refractivity contribution in [1.29, 1.82) is 0 Å². The van der Waals surface area contributed by atoms with Crippen molar-refractivity contribution in [2.75, 3.05) is 11.9 Å². The highest BCUT2D eigenvalue weighted by Crippen LogP contribution is 2.25. The molecule has 0 saturated heterocycles. The van der Waals surface area contributed by atoms with E-state index in [2.05, 4.69) is 25.7 Å². The van der Waals surface area contributed by atoms with Crippen LogP contribution in [0.1, 0.15) is 10.7 Å². The van der Waals surface area contributed by atoms with E-state index in [1.54, 1.807) is 12.1 Å². The summed E-state index contributed by atoms with van der Waals surface area (Å²) in [5.74, 6) is -2.21. The zero-order valence-electron chi connectivity index (χ0n) is 14.4. The minimum Gasteiger partial charge on any atom is -0.505 e. The van der Waals surface area contributed by atoms with Crippen molar-refractivity contribution >= 4 is 11.9 Å². The van der Waals surface area contributed by atoms with E-state index in [0.29, 0.717) is 5.69 Å². The van der Waals surface area contributed by atoms with Gasteiger partial charge in [0.15, 0.2) is 11.6 Å². The van der Waals surface area contributed by atoms with Crippen LogP contribution in [0, 0.1) is 5.82 Å². The maximum Gasteiger partial charge on any atom is 0.317 e. The first-order valence-corrected chi connectivity index (χ1v) is 7.99. The van der Waals surface area contributed by atoms with Crippen molar-refractivity contribution in [2.24, 2.45) is 0 Å². The quantitative estimate of drug-likeness (QED) is 0.568. The second-order valence-electron chi connectivity index (χ2n) is 5.67. The average molecular weight is 381 g/mol. The number of benzene rings is 2. The van der Waals surface area contributed by atoms with Crippen molar-refractivity contribution in [2.45, 2.75) is 0 Å². The number of nitrogens with zero attached hydrogens (tertiary/aromatic N) is 7.